The zero-order chi connectivity index (χ0) is 5.86. The predicted octanol–water partition coefficient (Wildman–Crippen LogP) is -1.31. The van der Waals surface area contributed by atoms with E-state index in [0.29, 0.717) is 0 Å². The Morgan fingerprint density at radius 1 is 2.00 bits per heavy atom. The highest BCUT2D eigenvalue weighted by Crippen LogP contribution is 1.69. The SMILES string of the molecule is NC(O)C[S-](=O)=S. The molecule has 0 aromatic heterocycles. The number of rotatable bonds is 2. The highest BCUT2D eigenvalue weighted by atomic mass is 32.8. The van der Waals surface area contributed by atoms with E-state index < -0.39 is 15.6 Å². The van der Waals surface area contributed by atoms with Gasteiger partial charge < -0.3 is 15.0 Å². The Hall–Kier alpha value is 0.290. The summed E-state index contributed by atoms with van der Waals surface area (Å²) in [6.45, 7) is 0. The fourth-order valence-electron chi connectivity index (χ4n) is 0.139. The van der Waals surface area contributed by atoms with Crippen LogP contribution in [0, 0.1) is 0 Å². The van der Waals surface area contributed by atoms with Crippen molar-refractivity contribution in [3.8, 4) is 0 Å². The molecule has 3 nitrogen and oxygen atoms in total. The monoisotopic (exact) mass is 140 g/mol. The third kappa shape index (κ3) is 6.29. The standard InChI is InChI=1S/C2H6NO2S2/c3-2(4)1-7(5)6/h2,4H,1,3H2/q-1. The minimum atomic E-state index is -1.39. The van der Waals surface area contributed by atoms with Crippen LogP contribution >= 0.6 is 0 Å². The Labute approximate surface area is 48.2 Å². The molecule has 0 aliphatic rings. The molecule has 0 saturated carbocycles. The van der Waals surface area contributed by atoms with Crippen LogP contribution in [0.25, 0.3) is 0 Å². The molecule has 0 saturated heterocycles. The Balaban J connectivity index is 3.32. The summed E-state index contributed by atoms with van der Waals surface area (Å²) in [6, 6.07) is 0. The van der Waals surface area contributed by atoms with Gasteiger partial charge in [0, 0.05) is 0 Å². The van der Waals surface area contributed by atoms with Crippen LogP contribution in [-0.2, 0) is 24.8 Å². The number of aliphatic hydroxyl groups is 1. The van der Waals surface area contributed by atoms with Crippen molar-refractivity contribution < 1.29 is 9.32 Å². The van der Waals surface area contributed by atoms with Crippen molar-refractivity contribution in [3.05, 3.63) is 0 Å². The summed E-state index contributed by atoms with van der Waals surface area (Å²) >= 11 is 4.19. The average molecular weight is 140 g/mol. The second kappa shape index (κ2) is 3.31. The van der Waals surface area contributed by atoms with Gasteiger partial charge in [-0.05, 0) is 0 Å². The van der Waals surface area contributed by atoms with Crippen molar-refractivity contribution in [2.24, 2.45) is 5.73 Å². The fraction of sp³-hybridized carbons (Fsp3) is 1.00. The first-order valence-electron chi connectivity index (χ1n) is 1.62. The number of hydrogen-bond acceptors (Lipinski definition) is 5. The van der Waals surface area contributed by atoms with E-state index in [2.05, 4.69) is 11.2 Å². The molecular weight excluding hydrogens is 134 g/mol. The lowest BCUT2D eigenvalue weighted by Gasteiger charge is -2.01. The van der Waals surface area contributed by atoms with Gasteiger partial charge in [0.15, 0.2) is 0 Å². The molecule has 0 spiro atoms. The highest BCUT2D eigenvalue weighted by Gasteiger charge is 1.82. The van der Waals surface area contributed by atoms with Crippen molar-refractivity contribution in [2.45, 2.75) is 6.23 Å². The van der Waals surface area contributed by atoms with E-state index in [4.69, 9.17) is 10.8 Å². The van der Waals surface area contributed by atoms with Crippen LogP contribution in [0.1, 0.15) is 0 Å². The van der Waals surface area contributed by atoms with Gasteiger partial charge in [-0.2, -0.15) is 0 Å². The average Bonchev–Trinajstić information content (AvgIpc) is 1.27. The topological polar surface area (TPSA) is 63.3 Å². The minimum Gasteiger partial charge on any atom is -0.451 e. The molecule has 0 fully saturated rings. The van der Waals surface area contributed by atoms with Gasteiger partial charge in [-0.25, -0.2) is 20.5 Å². The molecule has 0 aliphatic carbocycles. The lowest BCUT2D eigenvalue weighted by Crippen LogP contribution is -2.23. The second-order valence-corrected chi connectivity index (χ2v) is 3.09. The van der Waals surface area contributed by atoms with Gasteiger partial charge in [0.1, 0.15) is 0 Å². The smallest absolute Gasteiger partial charge is 0.0862 e. The molecule has 0 aromatic carbocycles. The van der Waals surface area contributed by atoms with Crippen LogP contribution in [-0.4, -0.2) is 17.1 Å². The molecule has 1 atom stereocenters. The van der Waals surface area contributed by atoms with Gasteiger partial charge in [0.25, 0.3) is 0 Å². The summed E-state index contributed by atoms with van der Waals surface area (Å²) in [5.41, 5.74) is 4.79. The molecule has 5 heteroatoms. The van der Waals surface area contributed by atoms with Crippen LogP contribution in [0.2, 0.25) is 0 Å². The molecule has 0 bridgehead atoms. The van der Waals surface area contributed by atoms with E-state index in [0.717, 1.165) is 0 Å². The quantitative estimate of drug-likeness (QED) is 0.369. The minimum absolute atomic E-state index is 0.0185. The Kier molecular flexibility index (Phi) is 3.45. The first kappa shape index (κ1) is 7.29. The molecule has 3 N–H and O–H groups in total. The largest absolute Gasteiger partial charge is 0.451 e. The van der Waals surface area contributed by atoms with E-state index in [1.165, 1.54) is 0 Å². The van der Waals surface area contributed by atoms with Crippen molar-refractivity contribution >= 4 is 20.5 Å². The molecule has 0 aliphatic heterocycles. The summed E-state index contributed by atoms with van der Waals surface area (Å²) < 4.78 is 9.94. The molecule has 7 heavy (non-hydrogen) atoms. The van der Waals surface area contributed by atoms with Crippen molar-refractivity contribution in [2.75, 3.05) is 5.75 Å². The normalized spacial score (nSPS) is 14.7. The molecule has 0 heterocycles. The molecule has 0 amide bonds. The van der Waals surface area contributed by atoms with E-state index in [-0.39, 0.29) is 5.75 Å². The van der Waals surface area contributed by atoms with Gasteiger partial charge in [-0.3, -0.25) is 0 Å². The molecule has 0 radical (unpaired) electrons. The maximum Gasteiger partial charge on any atom is 0.0862 e. The van der Waals surface area contributed by atoms with Crippen LogP contribution < -0.4 is 5.73 Å². The van der Waals surface area contributed by atoms with Crippen LogP contribution in [0.4, 0.5) is 0 Å². The van der Waals surface area contributed by atoms with E-state index in [1.807, 2.05) is 0 Å². The summed E-state index contributed by atoms with van der Waals surface area (Å²) in [5, 5.41) is 8.24. The Bertz CT molecular complexity index is 100. The van der Waals surface area contributed by atoms with Gasteiger partial charge in [-0.15, -0.1) is 0 Å². The molecule has 0 rings (SSSR count). The van der Waals surface area contributed by atoms with Crippen molar-refractivity contribution in [3.63, 3.8) is 0 Å². The first-order chi connectivity index (χ1) is 3.13. The lowest BCUT2D eigenvalue weighted by atomic mass is 10.7. The third-order valence-corrected chi connectivity index (χ3v) is 1.33. The van der Waals surface area contributed by atoms with Gasteiger partial charge in [0.2, 0.25) is 0 Å². The predicted molar refractivity (Wildman–Crippen MR) is 30.5 cm³/mol. The lowest BCUT2D eigenvalue weighted by molar-refractivity contribution is 0.207. The first-order valence-corrected chi connectivity index (χ1v) is 3.87. The number of aliphatic hydroxyl groups excluding tert-OH is 1. The Morgan fingerprint density at radius 3 is 2.43 bits per heavy atom. The Morgan fingerprint density at radius 2 is 2.43 bits per heavy atom. The molecule has 0 aromatic rings. The van der Waals surface area contributed by atoms with Crippen LogP contribution in [0.15, 0.2) is 0 Å². The van der Waals surface area contributed by atoms with E-state index >= 15 is 0 Å². The van der Waals surface area contributed by atoms with Gasteiger partial charge in [-0.1, -0.05) is 5.75 Å². The van der Waals surface area contributed by atoms with Crippen LogP contribution in [0.3, 0.4) is 0 Å². The fourth-order valence-corrected chi connectivity index (χ4v) is 0.837. The highest BCUT2D eigenvalue weighted by molar-refractivity contribution is 8.21. The summed E-state index contributed by atoms with van der Waals surface area (Å²) in [7, 11) is -1.39. The van der Waals surface area contributed by atoms with E-state index in [1.54, 1.807) is 0 Å². The molecule has 1 unspecified atom stereocenters. The summed E-state index contributed by atoms with van der Waals surface area (Å²) in [4.78, 5) is 0. The van der Waals surface area contributed by atoms with Crippen LogP contribution in [0.5, 0.6) is 0 Å². The zero-order valence-electron chi connectivity index (χ0n) is 3.53. The number of nitrogens with two attached hydrogens (primary N) is 1. The zero-order valence-corrected chi connectivity index (χ0v) is 5.17. The maximum atomic E-state index is 9.94. The van der Waals surface area contributed by atoms with Crippen molar-refractivity contribution in [1.29, 1.82) is 0 Å². The summed E-state index contributed by atoms with van der Waals surface area (Å²) in [5.74, 6) is -0.0185. The number of hydrogen-bond donors (Lipinski definition) is 2. The van der Waals surface area contributed by atoms with Gasteiger partial charge >= 0.3 is 0 Å². The second-order valence-electron chi connectivity index (χ2n) is 1.04. The summed E-state index contributed by atoms with van der Waals surface area (Å²) in [6.07, 6.45) is -1.03. The van der Waals surface area contributed by atoms with Gasteiger partial charge in [0.05, 0.1) is 6.23 Å². The maximum absolute atomic E-state index is 9.94. The van der Waals surface area contributed by atoms with Crippen molar-refractivity contribution in [1.82, 2.24) is 0 Å². The third-order valence-electron chi connectivity index (χ3n) is 0.307. The molecular formula is C2H6NO2S2-. The van der Waals surface area contributed by atoms with E-state index in [9.17, 15) is 4.21 Å². The molecule has 44 valence electrons.